The summed E-state index contributed by atoms with van der Waals surface area (Å²) in [6.45, 7) is 3.63. The minimum absolute atomic E-state index is 0.0506. The van der Waals surface area contributed by atoms with Crippen LogP contribution in [0.1, 0.15) is 29.9 Å². The summed E-state index contributed by atoms with van der Waals surface area (Å²) in [6.07, 6.45) is 0. The second kappa shape index (κ2) is 5.01. The molecular formula is C15H15FN2O4. The number of ether oxygens (including phenoxy) is 2. The molecule has 0 bridgehead atoms. The number of carboxylic acids is 1. The molecule has 2 aromatic rings. The molecule has 0 saturated carbocycles. The predicted octanol–water partition coefficient (Wildman–Crippen LogP) is 2.75. The number of fused-ring (bicyclic) bond motifs is 1. The molecule has 1 aliphatic heterocycles. The Morgan fingerprint density at radius 2 is 2.05 bits per heavy atom. The van der Waals surface area contributed by atoms with Gasteiger partial charge < -0.3 is 14.6 Å². The number of aromatic carboxylic acids is 1. The van der Waals surface area contributed by atoms with Crippen molar-refractivity contribution in [2.75, 3.05) is 13.2 Å². The highest BCUT2D eigenvalue weighted by Gasteiger charge is 2.27. The summed E-state index contributed by atoms with van der Waals surface area (Å²) >= 11 is 0. The van der Waals surface area contributed by atoms with Gasteiger partial charge in [-0.1, -0.05) is 0 Å². The van der Waals surface area contributed by atoms with Gasteiger partial charge in [-0.15, -0.1) is 0 Å². The van der Waals surface area contributed by atoms with E-state index in [4.69, 9.17) is 14.6 Å². The van der Waals surface area contributed by atoms with Crippen LogP contribution in [-0.4, -0.2) is 34.5 Å². The van der Waals surface area contributed by atoms with Gasteiger partial charge in [0.1, 0.15) is 24.6 Å². The Hall–Kier alpha value is -2.57. The lowest BCUT2D eigenvalue weighted by atomic mass is 9.95. The summed E-state index contributed by atoms with van der Waals surface area (Å²) in [6, 6.07) is 4.59. The average Bonchev–Trinajstić information content (AvgIpc) is 2.95. The molecule has 3 rings (SSSR count). The molecule has 0 amide bonds. The zero-order valence-corrected chi connectivity index (χ0v) is 12.1. The summed E-state index contributed by atoms with van der Waals surface area (Å²) < 4.78 is 25.4. The number of aromatic amines is 1. The number of aromatic nitrogens is 2. The molecule has 1 aromatic carbocycles. The second-order valence-corrected chi connectivity index (χ2v) is 5.49. The Bertz CT molecular complexity index is 734. The van der Waals surface area contributed by atoms with Gasteiger partial charge in [-0.05, 0) is 37.6 Å². The molecule has 0 radical (unpaired) electrons. The summed E-state index contributed by atoms with van der Waals surface area (Å²) in [4.78, 5) is 11.0. The van der Waals surface area contributed by atoms with Crippen LogP contribution in [0, 0.1) is 0 Å². The summed E-state index contributed by atoms with van der Waals surface area (Å²) in [5.74, 6) is -0.237. The number of benzene rings is 1. The standard InChI is InChI=1S/C15H15FN2O4/c1-15(2,16)8-5-9(10-7-11(14(19)20)18-17-10)13-12(6-8)21-3-4-22-13/h5-7H,3-4H2,1-2H3,(H,17,18)(H,19,20). The van der Waals surface area contributed by atoms with Crippen molar-refractivity contribution < 1.29 is 23.8 Å². The van der Waals surface area contributed by atoms with Crippen LogP contribution in [0.2, 0.25) is 0 Å². The maximum Gasteiger partial charge on any atom is 0.353 e. The number of hydrogen-bond donors (Lipinski definition) is 2. The highest BCUT2D eigenvalue weighted by Crippen LogP contribution is 2.43. The van der Waals surface area contributed by atoms with E-state index in [2.05, 4.69) is 10.2 Å². The number of hydrogen-bond acceptors (Lipinski definition) is 4. The normalized spacial score (nSPS) is 14.0. The fraction of sp³-hybridized carbons (Fsp3) is 0.333. The molecule has 0 fully saturated rings. The number of H-pyrrole nitrogens is 1. The highest BCUT2D eigenvalue weighted by molar-refractivity contribution is 5.87. The predicted molar refractivity (Wildman–Crippen MR) is 76.1 cm³/mol. The first-order chi connectivity index (χ1) is 10.4. The van der Waals surface area contributed by atoms with E-state index >= 15 is 0 Å². The van der Waals surface area contributed by atoms with E-state index < -0.39 is 11.6 Å². The van der Waals surface area contributed by atoms with Gasteiger partial charge in [0.15, 0.2) is 11.5 Å². The molecule has 22 heavy (non-hydrogen) atoms. The van der Waals surface area contributed by atoms with E-state index in [0.717, 1.165) is 0 Å². The van der Waals surface area contributed by atoms with Gasteiger partial charge in [0.05, 0.1) is 5.69 Å². The second-order valence-electron chi connectivity index (χ2n) is 5.49. The maximum atomic E-state index is 14.3. The summed E-state index contributed by atoms with van der Waals surface area (Å²) in [7, 11) is 0. The molecule has 7 heteroatoms. The molecule has 1 aromatic heterocycles. The van der Waals surface area contributed by atoms with Gasteiger partial charge in [-0.2, -0.15) is 5.10 Å². The molecule has 1 aliphatic rings. The van der Waals surface area contributed by atoms with Crippen LogP contribution >= 0.6 is 0 Å². The van der Waals surface area contributed by atoms with Crippen LogP contribution < -0.4 is 9.47 Å². The van der Waals surface area contributed by atoms with Gasteiger partial charge in [0.2, 0.25) is 0 Å². The van der Waals surface area contributed by atoms with Crippen molar-refractivity contribution in [3.8, 4) is 22.8 Å². The van der Waals surface area contributed by atoms with Crippen molar-refractivity contribution in [1.29, 1.82) is 0 Å². The number of nitrogens with zero attached hydrogens (tertiary/aromatic N) is 1. The lowest BCUT2D eigenvalue weighted by molar-refractivity contribution is 0.0690. The first-order valence-corrected chi connectivity index (χ1v) is 6.78. The summed E-state index contributed by atoms with van der Waals surface area (Å²) in [5.41, 5.74) is -0.347. The zero-order chi connectivity index (χ0) is 15.9. The summed E-state index contributed by atoms with van der Waals surface area (Å²) in [5, 5.41) is 15.4. The van der Waals surface area contributed by atoms with Gasteiger partial charge in [-0.3, -0.25) is 5.10 Å². The lowest BCUT2D eigenvalue weighted by Crippen LogP contribution is -2.18. The molecule has 116 valence electrons. The molecule has 6 nitrogen and oxygen atoms in total. The van der Waals surface area contributed by atoms with Crippen molar-refractivity contribution in [2.45, 2.75) is 19.5 Å². The number of alkyl halides is 1. The molecule has 2 heterocycles. The SMILES string of the molecule is CC(C)(F)c1cc2c(c(-c3cc(C(=O)O)[nH]n3)c1)OCCO2. The van der Waals surface area contributed by atoms with Gasteiger partial charge in [-0.25, -0.2) is 9.18 Å². The number of carbonyl (C=O) groups is 1. The first-order valence-electron chi connectivity index (χ1n) is 6.78. The Balaban J connectivity index is 2.17. The third-order valence-electron chi connectivity index (χ3n) is 3.41. The molecule has 0 saturated heterocycles. The van der Waals surface area contributed by atoms with Crippen LogP contribution in [0.25, 0.3) is 11.3 Å². The van der Waals surface area contributed by atoms with Crippen molar-refractivity contribution in [3.05, 3.63) is 29.5 Å². The van der Waals surface area contributed by atoms with E-state index in [0.29, 0.717) is 41.5 Å². The molecular weight excluding hydrogens is 291 g/mol. The fourth-order valence-electron chi connectivity index (χ4n) is 2.26. The topological polar surface area (TPSA) is 84.4 Å². The van der Waals surface area contributed by atoms with Crippen molar-refractivity contribution in [2.24, 2.45) is 0 Å². The monoisotopic (exact) mass is 306 g/mol. The van der Waals surface area contributed by atoms with Crippen molar-refractivity contribution in [3.63, 3.8) is 0 Å². The third kappa shape index (κ3) is 2.49. The van der Waals surface area contributed by atoms with Crippen LogP contribution in [0.15, 0.2) is 18.2 Å². The van der Waals surface area contributed by atoms with E-state index in [1.54, 1.807) is 12.1 Å². The van der Waals surface area contributed by atoms with E-state index in [1.165, 1.54) is 19.9 Å². The van der Waals surface area contributed by atoms with Gasteiger partial charge in [0, 0.05) is 5.56 Å². The van der Waals surface area contributed by atoms with Crippen molar-refractivity contribution >= 4 is 5.97 Å². The third-order valence-corrected chi connectivity index (χ3v) is 3.41. The van der Waals surface area contributed by atoms with Crippen LogP contribution in [-0.2, 0) is 5.67 Å². The number of rotatable bonds is 3. The van der Waals surface area contributed by atoms with Gasteiger partial charge in [0.25, 0.3) is 0 Å². The Kier molecular flexibility index (Phi) is 3.27. The average molecular weight is 306 g/mol. The quantitative estimate of drug-likeness (QED) is 0.911. The molecule has 0 unspecified atom stereocenters. The maximum absolute atomic E-state index is 14.3. The van der Waals surface area contributed by atoms with E-state index in [1.807, 2.05) is 0 Å². The van der Waals surface area contributed by atoms with Crippen LogP contribution in [0.3, 0.4) is 0 Å². The minimum Gasteiger partial charge on any atom is -0.486 e. The molecule has 0 atom stereocenters. The first kappa shape index (κ1) is 14.4. The Morgan fingerprint density at radius 3 is 2.68 bits per heavy atom. The number of carboxylic acid groups (broad SMARTS) is 1. The van der Waals surface area contributed by atoms with E-state index in [9.17, 15) is 9.18 Å². The Morgan fingerprint density at radius 1 is 1.32 bits per heavy atom. The Labute approximate surface area is 125 Å². The van der Waals surface area contributed by atoms with Crippen LogP contribution in [0.5, 0.6) is 11.5 Å². The van der Waals surface area contributed by atoms with Crippen molar-refractivity contribution in [1.82, 2.24) is 10.2 Å². The zero-order valence-electron chi connectivity index (χ0n) is 12.1. The van der Waals surface area contributed by atoms with Crippen LogP contribution in [0.4, 0.5) is 4.39 Å². The molecule has 0 spiro atoms. The smallest absolute Gasteiger partial charge is 0.353 e. The largest absolute Gasteiger partial charge is 0.486 e. The minimum atomic E-state index is -1.57. The lowest BCUT2D eigenvalue weighted by Gasteiger charge is -2.24. The van der Waals surface area contributed by atoms with Gasteiger partial charge >= 0.3 is 5.97 Å². The highest BCUT2D eigenvalue weighted by atomic mass is 19.1. The molecule has 2 N–H and O–H groups in total. The molecule has 0 aliphatic carbocycles. The fourth-order valence-corrected chi connectivity index (χ4v) is 2.26. The number of halogens is 1. The number of nitrogens with one attached hydrogen (secondary N) is 1. The van der Waals surface area contributed by atoms with E-state index in [-0.39, 0.29) is 5.69 Å².